The quantitative estimate of drug-likeness (QED) is 0.593. The Balaban J connectivity index is 1.14. The summed E-state index contributed by atoms with van der Waals surface area (Å²) in [4.78, 5) is 18.7. The molecule has 0 amide bonds. The number of likely N-dealkylation sites (tertiary alicyclic amines) is 1. The van der Waals surface area contributed by atoms with Crippen molar-refractivity contribution in [2.75, 3.05) is 13.1 Å². The van der Waals surface area contributed by atoms with Crippen molar-refractivity contribution in [2.45, 2.75) is 77.9 Å². The molecule has 2 aromatic rings. The fourth-order valence-corrected chi connectivity index (χ4v) is 6.14. The highest BCUT2D eigenvalue weighted by Crippen LogP contribution is 2.39. The van der Waals surface area contributed by atoms with E-state index in [1.807, 2.05) is 0 Å². The first-order chi connectivity index (χ1) is 15.8. The highest BCUT2D eigenvalue weighted by atomic mass is 16.5. The Bertz CT molecular complexity index is 988. The van der Waals surface area contributed by atoms with Crippen LogP contribution in [0.25, 0.3) is 10.9 Å². The van der Waals surface area contributed by atoms with Crippen molar-refractivity contribution >= 4 is 16.9 Å². The van der Waals surface area contributed by atoms with Gasteiger partial charge in [-0.1, -0.05) is 32.8 Å². The highest BCUT2D eigenvalue weighted by Gasteiger charge is 2.37. The van der Waals surface area contributed by atoms with Gasteiger partial charge in [-0.05, 0) is 80.0 Å². The first-order valence-corrected chi connectivity index (χ1v) is 12.9. The normalized spacial score (nSPS) is 26.7. The van der Waals surface area contributed by atoms with Crippen molar-refractivity contribution in [3.63, 3.8) is 0 Å². The van der Waals surface area contributed by atoms with E-state index in [9.17, 15) is 9.90 Å². The number of carboxylic acids is 1. The molecular weight excluding hydrogens is 412 g/mol. The fourth-order valence-electron chi connectivity index (χ4n) is 6.14. The van der Waals surface area contributed by atoms with Crippen molar-refractivity contribution in [1.82, 2.24) is 9.88 Å². The Kier molecular flexibility index (Phi) is 6.34. The van der Waals surface area contributed by atoms with Gasteiger partial charge < -0.3 is 9.84 Å². The molecule has 178 valence electrons. The molecular formula is C28H38N2O3. The average Bonchev–Trinajstić information content (AvgIpc) is 2.77. The number of aromatic nitrogens is 1. The maximum Gasteiger partial charge on any atom is 0.306 e. The van der Waals surface area contributed by atoms with Crippen molar-refractivity contribution in [2.24, 2.45) is 23.2 Å². The summed E-state index contributed by atoms with van der Waals surface area (Å²) in [5.41, 5.74) is 2.59. The van der Waals surface area contributed by atoms with Gasteiger partial charge in [0.2, 0.25) is 0 Å². The van der Waals surface area contributed by atoms with Crippen LogP contribution < -0.4 is 4.74 Å². The van der Waals surface area contributed by atoms with Crippen molar-refractivity contribution in [1.29, 1.82) is 0 Å². The number of rotatable bonds is 6. The van der Waals surface area contributed by atoms with E-state index in [2.05, 4.69) is 49.1 Å². The smallest absolute Gasteiger partial charge is 0.306 e. The minimum Gasteiger partial charge on any atom is -0.490 e. The topological polar surface area (TPSA) is 62.7 Å². The molecule has 3 aliphatic rings. The molecule has 2 aliphatic carbocycles. The van der Waals surface area contributed by atoms with E-state index in [-0.39, 0.29) is 5.92 Å². The Labute approximate surface area is 197 Å². The van der Waals surface area contributed by atoms with Crippen LogP contribution in [0.2, 0.25) is 0 Å². The standard InChI is InChI=1S/C28H38N2O3/c1-28(2)12-10-24(11-13-28)33-25-8-9-26-20(15-25)6-7-23(29-26)18-30-16-22(17-30)19-4-3-5-21(14-19)27(31)32/h6-9,15,19,21-22,24H,3-5,10-14,16-18H2,1-2H3,(H,31,32)/t19-,21-/m0/s1. The van der Waals surface area contributed by atoms with Gasteiger partial charge in [0.15, 0.2) is 0 Å². The lowest BCUT2D eigenvalue weighted by Crippen LogP contribution is -2.50. The summed E-state index contributed by atoms with van der Waals surface area (Å²) in [5, 5.41) is 10.5. The van der Waals surface area contributed by atoms with Crippen LogP contribution in [0.15, 0.2) is 30.3 Å². The van der Waals surface area contributed by atoms with E-state index >= 15 is 0 Å². The fraction of sp³-hybridized carbons (Fsp3) is 0.643. The molecule has 0 unspecified atom stereocenters. The van der Waals surface area contributed by atoms with Gasteiger partial charge in [-0.15, -0.1) is 0 Å². The number of fused-ring (bicyclic) bond motifs is 1. The summed E-state index contributed by atoms with van der Waals surface area (Å²) in [6, 6.07) is 10.6. The van der Waals surface area contributed by atoms with Crippen LogP contribution in [-0.4, -0.2) is 40.2 Å². The van der Waals surface area contributed by atoms with Crippen LogP contribution in [-0.2, 0) is 11.3 Å². The van der Waals surface area contributed by atoms with Crippen LogP contribution >= 0.6 is 0 Å². The number of hydrogen-bond acceptors (Lipinski definition) is 4. The van der Waals surface area contributed by atoms with E-state index in [1.165, 1.54) is 19.3 Å². The first kappa shape index (κ1) is 22.6. The SMILES string of the molecule is CC1(C)CCC(Oc2ccc3nc(CN4CC([C@H]5CCC[C@H](C(=O)O)C5)C4)ccc3c2)CC1. The van der Waals surface area contributed by atoms with Crippen molar-refractivity contribution in [3.8, 4) is 5.75 Å². The third-order valence-electron chi connectivity index (χ3n) is 8.41. The summed E-state index contributed by atoms with van der Waals surface area (Å²) >= 11 is 0. The monoisotopic (exact) mass is 450 g/mol. The van der Waals surface area contributed by atoms with Gasteiger partial charge >= 0.3 is 5.97 Å². The summed E-state index contributed by atoms with van der Waals surface area (Å²) < 4.78 is 6.30. The Morgan fingerprint density at radius 1 is 1.09 bits per heavy atom. The van der Waals surface area contributed by atoms with Gasteiger partial charge in [-0.2, -0.15) is 0 Å². The second-order valence-electron chi connectivity index (χ2n) is 11.6. The second-order valence-corrected chi connectivity index (χ2v) is 11.6. The number of nitrogens with zero attached hydrogens (tertiary/aromatic N) is 2. The number of benzene rings is 1. The molecule has 5 heteroatoms. The number of hydrogen-bond donors (Lipinski definition) is 1. The molecule has 1 aromatic heterocycles. The molecule has 2 atom stereocenters. The van der Waals surface area contributed by atoms with E-state index < -0.39 is 5.97 Å². The third-order valence-corrected chi connectivity index (χ3v) is 8.41. The van der Waals surface area contributed by atoms with Gasteiger partial charge in [0.05, 0.1) is 23.2 Å². The lowest BCUT2D eigenvalue weighted by molar-refractivity contribution is -0.144. The molecule has 0 radical (unpaired) electrons. The Morgan fingerprint density at radius 3 is 2.64 bits per heavy atom. The molecule has 0 spiro atoms. The number of carbonyl (C=O) groups is 1. The summed E-state index contributed by atoms with van der Waals surface area (Å²) in [6.07, 6.45) is 9.04. The van der Waals surface area contributed by atoms with E-state index in [0.29, 0.717) is 23.4 Å². The lowest BCUT2D eigenvalue weighted by atomic mass is 9.72. The maximum atomic E-state index is 11.4. The highest BCUT2D eigenvalue weighted by molar-refractivity contribution is 5.80. The largest absolute Gasteiger partial charge is 0.490 e. The molecule has 3 fully saturated rings. The lowest BCUT2D eigenvalue weighted by Gasteiger charge is -2.45. The van der Waals surface area contributed by atoms with Crippen LogP contribution in [0.1, 0.15) is 70.9 Å². The van der Waals surface area contributed by atoms with Crippen molar-refractivity contribution < 1.29 is 14.6 Å². The van der Waals surface area contributed by atoms with Crippen LogP contribution in [0.4, 0.5) is 0 Å². The Morgan fingerprint density at radius 2 is 1.88 bits per heavy atom. The number of aliphatic carboxylic acids is 1. The van der Waals surface area contributed by atoms with Gasteiger partial charge in [-0.25, -0.2) is 0 Å². The molecule has 5 nitrogen and oxygen atoms in total. The van der Waals surface area contributed by atoms with E-state index in [0.717, 1.165) is 74.1 Å². The van der Waals surface area contributed by atoms with E-state index in [1.54, 1.807) is 0 Å². The molecule has 5 rings (SSSR count). The van der Waals surface area contributed by atoms with Crippen LogP contribution in [0, 0.1) is 23.2 Å². The minimum atomic E-state index is -0.604. The van der Waals surface area contributed by atoms with Crippen LogP contribution in [0.3, 0.4) is 0 Å². The molecule has 0 bridgehead atoms. The molecule has 1 N–H and O–H groups in total. The Hall–Kier alpha value is -2.14. The number of ether oxygens (including phenoxy) is 1. The predicted octanol–water partition coefficient (Wildman–Crippen LogP) is 5.91. The maximum absolute atomic E-state index is 11.4. The molecule has 2 saturated carbocycles. The minimum absolute atomic E-state index is 0.126. The van der Waals surface area contributed by atoms with Gasteiger partial charge in [0.1, 0.15) is 5.75 Å². The first-order valence-electron chi connectivity index (χ1n) is 12.9. The zero-order chi connectivity index (χ0) is 23.0. The molecule has 33 heavy (non-hydrogen) atoms. The molecule has 1 aliphatic heterocycles. The second kappa shape index (κ2) is 9.25. The predicted molar refractivity (Wildman–Crippen MR) is 130 cm³/mol. The number of carboxylic acid groups (broad SMARTS) is 1. The summed E-state index contributed by atoms with van der Waals surface area (Å²) in [5.74, 6) is 1.46. The molecule has 1 aromatic carbocycles. The zero-order valence-electron chi connectivity index (χ0n) is 20.1. The number of pyridine rings is 1. The van der Waals surface area contributed by atoms with Crippen LogP contribution in [0.5, 0.6) is 5.75 Å². The molecule has 2 heterocycles. The van der Waals surface area contributed by atoms with Gasteiger partial charge in [0.25, 0.3) is 0 Å². The zero-order valence-corrected chi connectivity index (χ0v) is 20.1. The van der Waals surface area contributed by atoms with Gasteiger partial charge in [-0.3, -0.25) is 14.7 Å². The molecule has 1 saturated heterocycles. The van der Waals surface area contributed by atoms with E-state index in [4.69, 9.17) is 9.72 Å². The van der Waals surface area contributed by atoms with Crippen molar-refractivity contribution in [3.05, 3.63) is 36.0 Å². The summed E-state index contributed by atoms with van der Waals surface area (Å²) in [6.45, 7) is 7.72. The average molecular weight is 451 g/mol. The third kappa shape index (κ3) is 5.34. The summed E-state index contributed by atoms with van der Waals surface area (Å²) in [7, 11) is 0. The van der Waals surface area contributed by atoms with Gasteiger partial charge in [0, 0.05) is 25.0 Å².